The van der Waals surface area contributed by atoms with Crippen molar-refractivity contribution in [3.63, 3.8) is 0 Å². The van der Waals surface area contributed by atoms with E-state index in [4.69, 9.17) is 9.15 Å². The normalized spacial score (nSPS) is 10.9. The van der Waals surface area contributed by atoms with Crippen LogP contribution in [0.3, 0.4) is 0 Å². The van der Waals surface area contributed by atoms with Crippen LogP contribution in [-0.2, 0) is 4.79 Å². The Balaban J connectivity index is 1.53. The summed E-state index contributed by atoms with van der Waals surface area (Å²) in [6.45, 7) is 5.78. The van der Waals surface area contributed by atoms with Gasteiger partial charge in [0, 0.05) is 5.69 Å². The first-order valence-electron chi connectivity index (χ1n) is 9.59. The van der Waals surface area contributed by atoms with Gasteiger partial charge in [-0.3, -0.25) is 4.79 Å². The highest BCUT2D eigenvalue weighted by atomic mass is 16.5. The number of nitrogens with one attached hydrogen (secondary N) is 1. The van der Waals surface area contributed by atoms with Crippen LogP contribution in [0.25, 0.3) is 22.6 Å². The lowest BCUT2D eigenvalue weighted by Crippen LogP contribution is -2.20. The number of rotatable bonds is 5. The highest BCUT2D eigenvalue weighted by Gasteiger charge is 2.15. The molecule has 0 spiro atoms. The number of aryl methyl sites for hydroxylation is 3. The van der Waals surface area contributed by atoms with Crippen LogP contribution in [0.2, 0.25) is 0 Å². The summed E-state index contributed by atoms with van der Waals surface area (Å²) in [5, 5.41) is 13.1. The molecule has 1 aromatic heterocycles. The molecule has 152 valence electrons. The van der Waals surface area contributed by atoms with Crippen LogP contribution in [-0.4, -0.2) is 22.6 Å². The van der Waals surface area contributed by atoms with Gasteiger partial charge < -0.3 is 19.6 Å². The Morgan fingerprint density at radius 2 is 1.90 bits per heavy atom. The van der Waals surface area contributed by atoms with Crippen molar-refractivity contribution in [3.05, 3.63) is 71.3 Å². The highest BCUT2D eigenvalue weighted by Crippen LogP contribution is 2.34. The van der Waals surface area contributed by atoms with E-state index in [0.29, 0.717) is 28.5 Å². The van der Waals surface area contributed by atoms with E-state index in [-0.39, 0.29) is 18.3 Å². The maximum Gasteiger partial charge on any atom is 0.262 e. The van der Waals surface area contributed by atoms with Gasteiger partial charge in [0.2, 0.25) is 5.89 Å². The number of carbonyl (C=O) groups excluding carboxylic acids is 1. The van der Waals surface area contributed by atoms with Crippen molar-refractivity contribution in [2.75, 3.05) is 11.9 Å². The minimum Gasteiger partial charge on any atom is -0.507 e. The molecule has 0 saturated carbocycles. The second kappa shape index (κ2) is 7.91. The predicted octanol–water partition coefficient (Wildman–Crippen LogP) is 5.14. The fourth-order valence-electron chi connectivity index (χ4n) is 3.33. The summed E-state index contributed by atoms with van der Waals surface area (Å²) in [5.41, 5.74) is 5.43. The molecule has 0 bridgehead atoms. The smallest absolute Gasteiger partial charge is 0.262 e. The van der Waals surface area contributed by atoms with Gasteiger partial charge in [0.25, 0.3) is 5.91 Å². The second-order valence-electron chi connectivity index (χ2n) is 7.33. The number of aromatic nitrogens is 1. The quantitative estimate of drug-likeness (QED) is 0.451. The molecule has 4 rings (SSSR count). The Kier molecular flexibility index (Phi) is 5.14. The van der Waals surface area contributed by atoms with Crippen LogP contribution in [0.15, 0.2) is 59.0 Å². The van der Waals surface area contributed by atoms with Crippen molar-refractivity contribution in [1.82, 2.24) is 4.98 Å². The van der Waals surface area contributed by atoms with E-state index in [1.54, 1.807) is 18.2 Å². The van der Waals surface area contributed by atoms with E-state index in [0.717, 1.165) is 22.2 Å². The van der Waals surface area contributed by atoms with E-state index in [2.05, 4.69) is 10.3 Å². The summed E-state index contributed by atoms with van der Waals surface area (Å²) in [4.78, 5) is 16.8. The zero-order valence-electron chi connectivity index (χ0n) is 17.0. The summed E-state index contributed by atoms with van der Waals surface area (Å²) in [7, 11) is 0. The fourth-order valence-corrected chi connectivity index (χ4v) is 3.33. The van der Waals surface area contributed by atoms with Gasteiger partial charge in [-0.25, -0.2) is 4.98 Å². The molecule has 0 aliphatic rings. The predicted molar refractivity (Wildman–Crippen MR) is 116 cm³/mol. The largest absolute Gasteiger partial charge is 0.507 e. The summed E-state index contributed by atoms with van der Waals surface area (Å²) >= 11 is 0. The van der Waals surface area contributed by atoms with E-state index < -0.39 is 0 Å². The Labute approximate surface area is 174 Å². The number of hydrogen-bond acceptors (Lipinski definition) is 5. The molecule has 1 amide bonds. The molecule has 0 fully saturated rings. The molecule has 0 atom stereocenters. The number of phenols is 1. The number of carbonyl (C=O) groups is 1. The molecule has 4 aromatic rings. The molecular formula is C24H22N2O4. The van der Waals surface area contributed by atoms with Crippen molar-refractivity contribution in [1.29, 1.82) is 0 Å². The number of anilines is 1. The Morgan fingerprint density at radius 3 is 2.70 bits per heavy atom. The molecule has 6 nitrogen and oxygen atoms in total. The van der Waals surface area contributed by atoms with Crippen molar-refractivity contribution >= 4 is 22.7 Å². The number of nitrogens with zero attached hydrogens (tertiary/aromatic N) is 1. The number of ether oxygens (including phenoxy) is 1. The Hall–Kier alpha value is -3.80. The number of phenolic OH excluding ortho intramolecular Hbond substituents is 1. The molecule has 0 unspecified atom stereocenters. The summed E-state index contributed by atoms with van der Waals surface area (Å²) in [6, 6.07) is 16.2. The van der Waals surface area contributed by atoms with Crippen molar-refractivity contribution in [3.8, 4) is 23.0 Å². The lowest BCUT2D eigenvalue weighted by Gasteiger charge is -2.09. The van der Waals surface area contributed by atoms with E-state index in [1.807, 2.05) is 51.1 Å². The third kappa shape index (κ3) is 4.12. The first-order chi connectivity index (χ1) is 14.4. The lowest BCUT2D eigenvalue weighted by atomic mass is 10.1. The average molecular weight is 402 g/mol. The molecular weight excluding hydrogens is 380 g/mol. The zero-order chi connectivity index (χ0) is 21.3. The van der Waals surface area contributed by atoms with Crippen LogP contribution in [0.4, 0.5) is 5.69 Å². The Morgan fingerprint density at radius 1 is 1.07 bits per heavy atom. The van der Waals surface area contributed by atoms with Crippen LogP contribution in [0, 0.1) is 20.8 Å². The maximum atomic E-state index is 12.3. The molecule has 6 heteroatoms. The maximum absolute atomic E-state index is 12.3. The van der Waals surface area contributed by atoms with Crippen molar-refractivity contribution in [2.24, 2.45) is 0 Å². The Bertz CT molecular complexity index is 1240. The first kappa shape index (κ1) is 19.5. The van der Waals surface area contributed by atoms with Crippen molar-refractivity contribution in [2.45, 2.75) is 20.8 Å². The lowest BCUT2D eigenvalue weighted by molar-refractivity contribution is -0.118. The summed E-state index contributed by atoms with van der Waals surface area (Å²) in [6.07, 6.45) is 0. The summed E-state index contributed by atoms with van der Waals surface area (Å²) < 4.78 is 11.4. The minimum absolute atomic E-state index is 0.0185. The van der Waals surface area contributed by atoms with Gasteiger partial charge in [0.15, 0.2) is 12.2 Å². The number of oxazole rings is 1. The standard InChI is InChI=1S/C24H22N2O4/c1-14-5-4-6-18(10-14)29-13-22(28)25-17-7-8-21(27)19(12-17)24-26-20-11-15(2)9-16(3)23(20)30-24/h4-12,27H,13H2,1-3H3,(H,25,28). The number of amides is 1. The van der Waals surface area contributed by atoms with E-state index in [1.165, 1.54) is 6.07 Å². The van der Waals surface area contributed by atoms with E-state index >= 15 is 0 Å². The molecule has 30 heavy (non-hydrogen) atoms. The molecule has 2 N–H and O–H groups in total. The molecule has 3 aromatic carbocycles. The molecule has 0 radical (unpaired) electrons. The van der Waals surface area contributed by atoms with Crippen LogP contribution in [0.1, 0.15) is 16.7 Å². The topological polar surface area (TPSA) is 84.6 Å². The second-order valence-corrected chi connectivity index (χ2v) is 7.33. The van der Waals surface area contributed by atoms with E-state index in [9.17, 15) is 9.90 Å². The SMILES string of the molecule is Cc1cccc(OCC(=O)Nc2ccc(O)c(-c3nc4cc(C)cc(C)c4o3)c2)c1. The van der Waals surface area contributed by atoms with Crippen LogP contribution < -0.4 is 10.1 Å². The van der Waals surface area contributed by atoms with Gasteiger partial charge in [0.05, 0.1) is 5.56 Å². The van der Waals surface area contributed by atoms with Crippen LogP contribution in [0.5, 0.6) is 11.5 Å². The molecule has 0 saturated heterocycles. The van der Waals surface area contributed by atoms with Gasteiger partial charge >= 0.3 is 0 Å². The zero-order valence-corrected chi connectivity index (χ0v) is 17.0. The van der Waals surface area contributed by atoms with Gasteiger partial charge in [-0.2, -0.15) is 0 Å². The molecule has 0 aliphatic carbocycles. The first-order valence-corrected chi connectivity index (χ1v) is 9.59. The third-order valence-corrected chi connectivity index (χ3v) is 4.69. The van der Waals surface area contributed by atoms with Gasteiger partial charge in [-0.1, -0.05) is 18.2 Å². The van der Waals surface area contributed by atoms with Crippen molar-refractivity contribution < 1.29 is 19.1 Å². The number of hydrogen-bond donors (Lipinski definition) is 2. The van der Waals surface area contributed by atoms with Gasteiger partial charge in [-0.05, 0) is 73.9 Å². The van der Waals surface area contributed by atoms with Gasteiger partial charge in [0.1, 0.15) is 17.0 Å². The average Bonchev–Trinajstić information content (AvgIpc) is 3.12. The number of fused-ring (bicyclic) bond motifs is 1. The number of aromatic hydroxyl groups is 1. The summed E-state index contributed by atoms with van der Waals surface area (Å²) in [5.74, 6) is 0.638. The number of benzene rings is 3. The molecule has 1 heterocycles. The monoisotopic (exact) mass is 402 g/mol. The third-order valence-electron chi connectivity index (χ3n) is 4.69. The highest BCUT2D eigenvalue weighted by molar-refractivity contribution is 5.93. The fraction of sp³-hybridized carbons (Fsp3) is 0.167. The molecule has 0 aliphatic heterocycles. The van der Waals surface area contributed by atoms with Crippen LogP contribution >= 0.6 is 0 Å². The minimum atomic E-state index is -0.308. The van der Waals surface area contributed by atoms with Gasteiger partial charge in [-0.15, -0.1) is 0 Å².